The molecule has 5 heterocycles. The fourth-order valence-corrected chi connectivity index (χ4v) is 14.7. The number of carbonyl (C=O) groups excluding carboxylic acids is 2. The summed E-state index contributed by atoms with van der Waals surface area (Å²) in [5.41, 5.74) is -0.809. The van der Waals surface area contributed by atoms with E-state index in [9.17, 15) is 50.4 Å². The van der Waals surface area contributed by atoms with Crippen molar-refractivity contribution >= 4 is 11.9 Å². The number of aliphatic hydroxyl groups is 8. The van der Waals surface area contributed by atoms with Crippen LogP contribution < -0.4 is 0 Å². The minimum atomic E-state index is -1.68. The van der Waals surface area contributed by atoms with E-state index >= 15 is 0 Å². The van der Waals surface area contributed by atoms with Gasteiger partial charge in [-0.05, 0) is 94.5 Å². The van der Waals surface area contributed by atoms with Crippen LogP contribution in [0.4, 0.5) is 0 Å². The molecule has 26 atom stereocenters. The molecule has 4 saturated heterocycles. The van der Waals surface area contributed by atoms with Crippen LogP contribution in [0.25, 0.3) is 0 Å². The van der Waals surface area contributed by atoms with Crippen molar-refractivity contribution < 1.29 is 97.8 Å². The zero-order valence-electron chi connectivity index (χ0n) is 40.5. The third kappa shape index (κ3) is 9.59. The van der Waals surface area contributed by atoms with Gasteiger partial charge in [0.05, 0.1) is 54.9 Å². The summed E-state index contributed by atoms with van der Waals surface area (Å²) < 4.78 is 60.1. The molecule has 0 unspecified atom stereocenters. The van der Waals surface area contributed by atoms with Gasteiger partial charge in [-0.15, -0.1) is 0 Å². The summed E-state index contributed by atoms with van der Waals surface area (Å²) in [7, 11) is 0. The molecule has 0 radical (unpaired) electrons. The summed E-state index contributed by atoms with van der Waals surface area (Å²) in [6.45, 7) is 10.4. The molecule has 8 N–H and O–H groups in total. The molecule has 4 aliphatic carbocycles. The van der Waals surface area contributed by atoms with Crippen molar-refractivity contribution in [2.75, 3.05) is 13.2 Å². The maximum atomic E-state index is 12.6. The van der Waals surface area contributed by atoms with Gasteiger partial charge in [0.15, 0.2) is 25.2 Å². The smallest absolute Gasteiger partial charge is 0.331 e. The highest BCUT2D eigenvalue weighted by molar-refractivity contribution is 5.85. The number of esters is 2. The molecular formula is C49H76O20. The standard InChI is InChI=1S/C49H76O20/c1-21-43(67-37-16-31(53)44(22(2)62-37)68-38-17-33(64-24(4)51)45(23(3)63-38)69-46-42(58)41(57)40(56)34(19-50)66-46)30(52)15-36(61-21)65-27-9-11-47(5)26(14-27)7-8-29-28(47)10-12-48(6)39(25-13-35(55)60-20-25)32(54)18-49(29,48)59/h13,21-23,26-34,36-46,50,52-54,56-59H,7-12,14-20H2,1-6H3/t21-,22-,23-,26-,27-,28+,29+,30-,31-,32-,33-,34+,36-,37-,38+,39+,40+,41-,42+,43+,44+,45-,46-,47+,48+,49+/m1/s1. The van der Waals surface area contributed by atoms with Crippen molar-refractivity contribution in [2.45, 2.75) is 234 Å². The number of aliphatic hydroxyl groups excluding tert-OH is 7. The predicted octanol–water partition coefficient (Wildman–Crippen LogP) is 0.613. The number of rotatable bonds is 11. The lowest BCUT2D eigenvalue weighted by Crippen LogP contribution is -2.62. The Morgan fingerprint density at radius 2 is 1.33 bits per heavy atom. The number of hydrogen-bond donors (Lipinski definition) is 8. The molecule has 20 nitrogen and oxygen atoms in total. The normalized spacial score (nSPS) is 53.3. The highest BCUT2D eigenvalue weighted by Crippen LogP contribution is 2.70. The molecule has 4 saturated carbocycles. The lowest BCUT2D eigenvalue weighted by atomic mass is 9.43. The Bertz CT molecular complexity index is 1850. The molecule has 69 heavy (non-hydrogen) atoms. The number of carbonyl (C=O) groups is 2. The van der Waals surface area contributed by atoms with E-state index in [0.29, 0.717) is 18.3 Å². The molecule has 9 rings (SSSR count). The predicted molar refractivity (Wildman–Crippen MR) is 235 cm³/mol. The number of hydrogen-bond acceptors (Lipinski definition) is 20. The Hall–Kier alpha value is -1.96. The molecule has 0 aromatic carbocycles. The van der Waals surface area contributed by atoms with Crippen molar-refractivity contribution in [1.29, 1.82) is 0 Å². The summed E-state index contributed by atoms with van der Waals surface area (Å²) in [5, 5.41) is 87.5. The Balaban J connectivity index is 0.749. The van der Waals surface area contributed by atoms with Crippen LogP contribution in [-0.4, -0.2) is 188 Å². The second-order valence-electron chi connectivity index (χ2n) is 22.3. The van der Waals surface area contributed by atoms with Gasteiger partial charge in [0.25, 0.3) is 0 Å². The molecule has 0 amide bonds. The minimum absolute atomic E-state index is 0.000687. The summed E-state index contributed by atoms with van der Waals surface area (Å²) in [4.78, 5) is 24.2. The quantitative estimate of drug-likeness (QED) is 0.104. The second kappa shape index (κ2) is 20.0. The molecule has 20 heteroatoms. The first kappa shape index (κ1) is 51.9. The summed E-state index contributed by atoms with van der Waals surface area (Å²) in [6, 6.07) is 0. The van der Waals surface area contributed by atoms with Crippen LogP contribution in [0.2, 0.25) is 0 Å². The van der Waals surface area contributed by atoms with Gasteiger partial charge < -0.3 is 88.2 Å². The molecule has 0 aromatic rings. The van der Waals surface area contributed by atoms with Gasteiger partial charge in [-0.1, -0.05) is 13.8 Å². The van der Waals surface area contributed by atoms with E-state index in [1.807, 2.05) is 6.92 Å². The minimum Gasteiger partial charge on any atom is -0.459 e. The van der Waals surface area contributed by atoms with Gasteiger partial charge in [0.2, 0.25) is 0 Å². The lowest BCUT2D eigenvalue weighted by Gasteiger charge is -2.63. The Morgan fingerprint density at radius 1 is 0.710 bits per heavy atom. The van der Waals surface area contributed by atoms with Crippen molar-refractivity contribution in [2.24, 2.45) is 34.5 Å². The zero-order valence-corrected chi connectivity index (χ0v) is 40.5. The maximum Gasteiger partial charge on any atom is 0.331 e. The highest BCUT2D eigenvalue weighted by Gasteiger charge is 2.70. The first-order valence-corrected chi connectivity index (χ1v) is 25.3. The SMILES string of the molecule is CC(=O)O[C@@H]1C[C@H](O[C@@H]2[C@H](O)C[C@@H](O[C@@H]3[C@H](O)C[C@@H](O[C@@H]4CC[C@@]5(C)[C@H](CC[C@H]6[C@@H]5CC[C@@]5(C)[C@@H](C7=CC(=O)OC7)[C@H](O)C[C@]65O)C4)O[C@@H]3C)O[C@@H]2C)O[C@H](C)[C@H]1O[C@H]1O[C@@H](CO)[C@H](O)[C@@H](O)[C@@H]1O. The van der Waals surface area contributed by atoms with Crippen molar-refractivity contribution in [3.8, 4) is 0 Å². The van der Waals surface area contributed by atoms with Crippen molar-refractivity contribution in [3.05, 3.63) is 11.6 Å². The number of cyclic esters (lactones) is 1. The molecule has 5 aliphatic heterocycles. The fraction of sp³-hybridized carbons (Fsp3) is 0.918. The molecule has 0 spiro atoms. The van der Waals surface area contributed by atoms with E-state index in [-0.39, 0.29) is 55.2 Å². The highest BCUT2D eigenvalue weighted by atomic mass is 16.8. The fourth-order valence-electron chi connectivity index (χ4n) is 14.7. The molecule has 9 aliphatic rings. The van der Waals surface area contributed by atoms with Crippen LogP contribution in [0, 0.1) is 34.5 Å². The number of ether oxygens (including phenoxy) is 10. The second-order valence-corrected chi connectivity index (χ2v) is 22.3. The Morgan fingerprint density at radius 3 is 1.93 bits per heavy atom. The molecule has 392 valence electrons. The summed E-state index contributed by atoms with van der Waals surface area (Å²) in [6.07, 6.45) is -10.8. The van der Waals surface area contributed by atoms with E-state index in [1.54, 1.807) is 13.8 Å². The van der Waals surface area contributed by atoms with Crippen molar-refractivity contribution in [1.82, 2.24) is 0 Å². The molecule has 0 aromatic heterocycles. The maximum absolute atomic E-state index is 12.6. The first-order valence-electron chi connectivity index (χ1n) is 25.3. The van der Waals surface area contributed by atoms with Crippen molar-refractivity contribution in [3.63, 3.8) is 0 Å². The van der Waals surface area contributed by atoms with Gasteiger partial charge in [0, 0.05) is 50.0 Å². The summed E-state index contributed by atoms with van der Waals surface area (Å²) in [5.74, 6) is -0.609. The van der Waals surface area contributed by atoms with Crippen LogP contribution in [0.15, 0.2) is 11.6 Å². The lowest BCUT2D eigenvalue weighted by molar-refractivity contribution is -0.355. The topological polar surface area (TPSA) is 288 Å². The van der Waals surface area contributed by atoms with Gasteiger partial charge >= 0.3 is 11.9 Å². The van der Waals surface area contributed by atoms with Crippen LogP contribution in [0.5, 0.6) is 0 Å². The average molecular weight is 985 g/mol. The van der Waals surface area contributed by atoms with Crippen LogP contribution in [0.1, 0.15) is 112 Å². The van der Waals surface area contributed by atoms with Gasteiger partial charge in [-0.2, -0.15) is 0 Å². The van der Waals surface area contributed by atoms with E-state index in [1.165, 1.54) is 13.0 Å². The monoisotopic (exact) mass is 984 g/mol. The van der Waals surface area contributed by atoms with Gasteiger partial charge in [0.1, 0.15) is 55.4 Å². The average Bonchev–Trinajstić information content (AvgIpc) is 3.79. The molecule has 8 fully saturated rings. The summed E-state index contributed by atoms with van der Waals surface area (Å²) >= 11 is 0. The third-order valence-electron chi connectivity index (χ3n) is 18.2. The molecular weight excluding hydrogens is 909 g/mol. The van der Waals surface area contributed by atoms with Crippen LogP contribution in [0.3, 0.4) is 0 Å². The first-order chi connectivity index (χ1) is 32.6. The van der Waals surface area contributed by atoms with Crippen LogP contribution >= 0.6 is 0 Å². The van der Waals surface area contributed by atoms with Gasteiger partial charge in [-0.25, -0.2) is 4.79 Å². The Kier molecular flexibility index (Phi) is 15.1. The van der Waals surface area contributed by atoms with E-state index in [2.05, 4.69) is 13.8 Å². The molecule has 0 bridgehead atoms. The number of fused-ring (bicyclic) bond motifs is 5. The van der Waals surface area contributed by atoms with E-state index < -0.39 is 134 Å². The largest absolute Gasteiger partial charge is 0.459 e. The van der Waals surface area contributed by atoms with Crippen LogP contribution in [-0.2, 0) is 57.0 Å². The zero-order chi connectivity index (χ0) is 49.5. The third-order valence-corrected chi connectivity index (χ3v) is 18.2. The van der Waals surface area contributed by atoms with E-state index in [4.69, 9.17) is 47.4 Å². The van der Waals surface area contributed by atoms with Gasteiger partial charge in [-0.3, -0.25) is 4.79 Å². The Labute approximate surface area is 402 Å². The van der Waals surface area contributed by atoms with E-state index in [0.717, 1.165) is 50.5 Å².